The molecule has 0 N–H and O–H groups in total. The van der Waals surface area contributed by atoms with Crippen molar-refractivity contribution in [1.29, 1.82) is 0 Å². The van der Waals surface area contributed by atoms with E-state index in [1.54, 1.807) is 24.3 Å². The first-order valence-corrected chi connectivity index (χ1v) is 8.08. The number of aromatic nitrogens is 1. The normalized spacial score (nSPS) is 12.9. The van der Waals surface area contributed by atoms with Crippen LogP contribution in [0.25, 0.3) is 0 Å². The number of benzene rings is 2. The average Bonchev–Trinajstić information content (AvgIpc) is 2.96. The first-order valence-electron chi connectivity index (χ1n) is 8.08. The number of aryl methyl sites for hydroxylation is 2. The molecule has 3 aromatic rings. The summed E-state index contributed by atoms with van der Waals surface area (Å²) in [5.41, 5.74) is 4.32. The van der Waals surface area contributed by atoms with Gasteiger partial charge in [0.25, 0.3) is 0 Å². The van der Waals surface area contributed by atoms with Crippen LogP contribution in [0.3, 0.4) is 0 Å². The van der Waals surface area contributed by atoms with Gasteiger partial charge in [-0.2, -0.15) is 0 Å². The highest BCUT2D eigenvalue weighted by Crippen LogP contribution is 2.29. The second-order valence-electron chi connectivity index (χ2n) is 6.15. The molecule has 0 radical (unpaired) electrons. The highest BCUT2D eigenvalue weighted by atomic mass is 16.1. The third-order valence-electron chi connectivity index (χ3n) is 4.72. The number of fused-ring (bicyclic) bond motifs is 2. The van der Waals surface area contributed by atoms with E-state index in [4.69, 9.17) is 0 Å². The second-order valence-corrected chi connectivity index (χ2v) is 6.15. The number of carbonyl (C=O) groups excluding carboxylic acids is 2. The van der Waals surface area contributed by atoms with E-state index in [2.05, 4.69) is 12.1 Å². The van der Waals surface area contributed by atoms with Gasteiger partial charge in [-0.1, -0.05) is 54.6 Å². The van der Waals surface area contributed by atoms with Gasteiger partial charge in [0.1, 0.15) is 5.69 Å². The summed E-state index contributed by atoms with van der Waals surface area (Å²) >= 11 is 0. The summed E-state index contributed by atoms with van der Waals surface area (Å²) < 4.78 is 1.88. The molecule has 4 rings (SSSR count). The first-order chi connectivity index (χ1) is 11.7. The Labute approximate surface area is 140 Å². The fraction of sp³-hybridized carbons (Fsp3) is 0.143. The zero-order valence-corrected chi connectivity index (χ0v) is 13.5. The maximum absolute atomic E-state index is 12.8. The molecule has 0 atom stereocenters. The van der Waals surface area contributed by atoms with Crippen molar-refractivity contribution in [2.45, 2.75) is 12.8 Å². The molecule has 24 heavy (non-hydrogen) atoms. The minimum atomic E-state index is -0.0614. The summed E-state index contributed by atoms with van der Waals surface area (Å²) in [6.07, 6.45) is 1.68. The molecular formula is C21H17NO2. The zero-order chi connectivity index (χ0) is 16.7. The van der Waals surface area contributed by atoms with Crippen molar-refractivity contribution in [3.63, 3.8) is 0 Å². The lowest BCUT2D eigenvalue weighted by Crippen LogP contribution is -2.22. The summed E-state index contributed by atoms with van der Waals surface area (Å²) in [6.45, 7) is 0. The van der Waals surface area contributed by atoms with Crippen molar-refractivity contribution in [2.24, 2.45) is 7.05 Å². The van der Waals surface area contributed by atoms with E-state index in [0.717, 1.165) is 18.5 Å². The van der Waals surface area contributed by atoms with E-state index in [9.17, 15) is 9.59 Å². The molecule has 3 heteroatoms. The Morgan fingerprint density at radius 3 is 2.08 bits per heavy atom. The average molecular weight is 315 g/mol. The molecule has 2 aromatic carbocycles. The molecular weight excluding hydrogens is 298 g/mol. The van der Waals surface area contributed by atoms with E-state index in [-0.39, 0.29) is 11.6 Å². The van der Waals surface area contributed by atoms with Gasteiger partial charge in [-0.3, -0.25) is 9.59 Å². The number of hydrogen-bond acceptors (Lipinski definition) is 2. The highest BCUT2D eigenvalue weighted by Gasteiger charge is 2.32. The Morgan fingerprint density at radius 1 is 0.750 bits per heavy atom. The molecule has 0 bridgehead atoms. The second kappa shape index (κ2) is 5.60. The predicted octanol–water partition coefficient (Wildman–Crippen LogP) is 3.59. The number of carbonyl (C=O) groups is 2. The van der Waals surface area contributed by atoms with Crippen LogP contribution in [0.5, 0.6) is 0 Å². The minimum absolute atomic E-state index is 0.0539. The van der Waals surface area contributed by atoms with Crippen LogP contribution in [-0.4, -0.2) is 16.1 Å². The summed E-state index contributed by atoms with van der Waals surface area (Å²) in [5.74, 6) is -0.115. The molecule has 0 aliphatic heterocycles. The van der Waals surface area contributed by atoms with Gasteiger partial charge in [0.2, 0.25) is 5.78 Å². The van der Waals surface area contributed by atoms with Crippen LogP contribution < -0.4 is 0 Å². The van der Waals surface area contributed by atoms with Crippen molar-refractivity contribution in [1.82, 2.24) is 4.57 Å². The van der Waals surface area contributed by atoms with Crippen molar-refractivity contribution in [2.75, 3.05) is 0 Å². The summed E-state index contributed by atoms with van der Waals surface area (Å²) in [6, 6.07) is 19.2. The van der Waals surface area contributed by atoms with E-state index in [1.807, 2.05) is 35.9 Å². The Bertz CT molecular complexity index is 951. The maximum atomic E-state index is 12.8. The minimum Gasteiger partial charge on any atom is -0.344 e. The Morgan fingerprint density at radius 2 is 1.38 bits per heavy atom. The number of hydrogen-bond donors (Lipinski definition) is 0. The van der Waals surface area contributed by atoms with Gasteiger partial charge in [-0.25, -0.2) is 0 Å². The molecule has 0 fully saturated rings. The standard InChI is InChI=1S/C21H17NO2/c1-22-15(12-11-14-7-3-2-4-8-14)13-18-19(22)21(24)17-10-6-5-9-16(17)20(18)23/h2-10,13H,11-12H2,1H3. The van der Waals surface area contributed by atoms with E-state index >= 15 is 0 Å². The van der Waals surface area contributed by atoms with Gasteiger partial charge >= 0.3 is 0 Å². The maximum Gasteiger partial charge on any atom is 0.210 e. The number of ketones is 2. The molecule has 1 aliphatic rings. The first kappa shape index (κ1) is 14.6. The number of nitrogens with zero attached hydrogens (tertiary/aromatic N) is 1. The van der Waals surface area contributed by atoms with Gasteiger partial charge in [0.15, 0.2) is 5.78 Å². The third kappa shape index (κ3) is 2.21. The molecule has 1 aromatic heterocycles. The SMILES string of the molecule is Cn1c(CCc2ccccc2)cc2c1C(=O)c1ccccc1C2=O. The van der Waals surface area contributed by atoms with Crippen LogP contribution in [-0.2, 0) is 19.9 Å². The van der Waals surface area contributed by atoms with Crippen LogP contribution >= 0.6 is 0 Å². The highest BCUT2D eigenvalue weighted by molar-refractivity contribution is 6.28. The lowest BCUT2D eigenvalue weighted by atomic mass is 9.88. The topological polar surface area (TPSA) is 39.1 Å². The van der Waals surface area contributed by atoms with Gasteiger partial charge in [0.05, 0.1) is 5.56 Å². The summed E-state index contributed by atoms with van der Waals surface area (Å²) in [4.78, 5) is 25.5. The third-order valence-corrected chi connectivity index (χ3v) is 4.72. The molecule has 118 valence electrons. The Balaban J connectivity index is 1.71. The van der Waals surface area contributed by atoms with E-state index in [0.29, 0.717) is 22.4 Å². The van der Waals surface area contributed by atoms with Crippen molar-refractivity contribution >= 4 is 11.6 Å². The fourth-order valence-electron chi connectivity index (χ4n) is 3.41. The summed E-state index contributed by atoms with van der Waals surface area (Å²) in [7, 11) is 1.87. The molecule has 0 amide bonds. The van der Waals surface area contributed by atoms with Crippen LogP contribution in [0.15, 0.2) is 60.7 Å². The van der Waals surface area contributed by atoms with Crippen LogP contribution in [0.4, 0.5) is 0 Å². The fourth-order valence-corrected chi connectivity index (χ4v) is 3.41. The zero-order valence-electron chi connectivity index (χ0n) is 13.5. The lowest BCUT2D eigenvalue weighted by Gasteiger charge is -2.15. The van der Waals surface area contributed by atoms with E-state index in [1.165, 1.54) is 5.56 Å². The molecule has 1 aliphatic carbocycles. The molecule has 0 spiro atoms. The molecule has 0 saturated carbocycles. The van der Waals surface area contributed by atoms with Gasteiger partial charge in [-0.15, -0.1) is 0 Å². The van der Waals surface area contributed by atoms with Crippen LogP contribution in [0.2, 0.25) is 0 Å². The lowest BCUT2D eigenvalue weighted by molar-refractivity contribution is 0.0974. The van der Waals surface area contributed by atoms with Crippen LogP contribution in [0.1, 0.15) is 43.2 Å². The summed E-state index contributed by atoms with van der Waals surface area (Å²) in [5, 5.41) is 0. The van der Waals surface area contributed by atoms with Crippen molar-refractivity contribution in [3.05, 3.63) is 94.3 Å². The van der Waals surface area contributed by atoms with Crippen molar-refractivity contribution in [3.8, 4) is 0 Å². The smallest absolute Gasteiger partial charge is 0.210 e. The van der Waals surface area contributed by atoms with Gasteiger partial charge in [-0.05, 0) is 24.5 Å². The van der Waals surface area contributed by atoms with Crippen molar-refractivity contribution < 1.29 is 9.59 Å². The van der Waals surface area contributed by atoms with E-state index < -0.39 is 0 Å². The Kier molecular flexibility index (Phi) is 3.42. The molecule has 0 unspecified atom stereocenters. The Hall–Kier alpha value is -2.94. The van der Waals surface area contributed by atoms with Gasteiger partial charge in [0, 0.05) is 23.9 Å². The van der Waals surface area contributed by atoms with Crippen LogP contribution in [0, 0.1) is 0 Å². The molecule has 1 heterocycles. The molecule has 0 saturated heterocycles. The monoisotopic (exact) mass is 315 g/mol. The van der Waals surface area contributed by atoms with Gasteiger partial charge < -0.3 is 4.57 Å². The number of rotatable bonds is 3. The molecule has 3 nitrogen and oxygen atoms in total. The largest absolute Gasteiger partial charge is 0.344 e. The quantitative estimate of drug-likeness (QED) is 0.579. The predicted molar refractivity (Wildman–Crippen MR) is 92.6 cm³/mol.